The Labute approximate surface area is 105 Å². The SMILES string of the molecule is COc1ccc(C(=O)NCCS(C)(=O)=O)c(F)c1. The quantitative estimate of drug-likeness (QED) is 0.854. The lowest BCUT2D eigenvalue weighted by Crippen LogP contribution is -2.29. The first-order valence-corrected chi connectivity index (χ1v) is 7.19. The van der Waals surface area contributed by atoms with Gasteiger partial charge < -0.3 is 10.1 Å². The average molecular weight is 275 g/mol. The maximum Gasteiger partial charge on any atom is 0.254 e. The predicted molar refractivity (Wildman–Crippen MR) is 65.0 cm³/mol. The molecule has 0 aromatic heterocycles. The van der Waals surface area contributed by atoms with Gasteiger partial charge in [0.05, 0.1) is 18.4 Å². The molecule has 0 aliphatic rings. The van der Waals surface area contributed by atoms with E-state index in [0.29, 0.717) is 5.75 Å². The minimum Gasteiger partial charge on any atom is -0.497 e. The Kier molecular flexibility index (Phi) is 4.66. The van der Waals surface area contributed by atoms with Gasteiger partial charge in [0.2, 0.25) is 0 Å². The number of sulfone groups is 1. The fourth-order valence-electron chi connectivity index (χ4n) is 1.25. The number of amides is 1. The number of nitrogens with one attached hydrogen (secondary N) is 1. The largest absolute Gasteiger partial charge is 0.497 e. The summed E-state index contributed by atoms with van der Waals surface area (Å²) in [4.78, 5) is 11.6. The van der Waals surface area contributed by atoms with Gasteiger partial charge in [-0.05, 0) is 12.1 Å². The molecule has 7 heteroatoms. The lowest BCUT2D eigenvalue weighted by molar-refractivity contribution is 0.0952. The van der Waals surface area contributed by atoms with Crippen LogP contribution in [0, 0.1) is 5.82 Å². The molecule has 1 N–H and O–H groups in total. The van der Waals surface area contributed by atoms with E-state index in [1.54, 1.807) is 0 Å². The summed E-state index contributed by atoms with van der Waals surface area (Å²) in [6.45, 7) is -0.0524. The van der Waals surface area contributed by atoms with Crippen molar-refractivity contribution < 1.29 is 22.3 Å². The highest BCUT2D eigenvalue weighted by molar-refractivity contribution is 7.90. The third-order valence-electron chi connectivity index (χ3n) is 2.18. The topological polar surface area (TPSA) is 72.5 Å². The molecule has 18 heavy (non-hydrogen) atoms. The molecule has 0 saturated heterocycles. The number of rotatable bonds is 5. The molecular weight excluding hydrogens is 261 g/mol. The Morgan fingerprint density at radius 3 is 2.61 bits per heavy atom. The lowest BCUT2D eigenvalue weighted by atomic mass is 10.2. The Morgan fingerprint density at radius 1 is 1.44 bits per heavy atom. The molecule has 0 aliphatic heterocycles. The van der Waals surface area contributed by atoms with Gasteiger partial charge in [-0.25, -0.2) is 12.8 Å². The second kappa shape index (κ2) is 5.81. The van der Waals surface area contributed by atoms with Crippen LogP contribution < -0.4 is 10.1 Å². The maximum atomic E-state index is 13.5. The van der Waals surface area contributed by atoms with E-state index in [1.807, 2.05) is 0 Å². The Balaban J connectivity index is 2.67. The van der Waals surface area contributed by atoms with Gasteiger partial charge in [-0.2, -0.15) is 0 Å². The first-order valence-electron chi connectivity index (χ1n) is 5.13. The van der Waals surface area contributed by atoms with E-state index >= 15 is 0 Å². The molecule has 0 heterocycles. The van der Waals surface area contributed by atoms with E-state index in [2.05, 4.69) is 5.32 Å². The third-order valence-corrected chi connectivity index (χ3v) is 3.12. The molecule has 0 atom stereocenters. The predicted octanol–water partition coefficient (Wildman–Crippen LogP) is 0.609. The number of ether oxygens (including phenoxy) is 1. The summed E-state index contributed by atoms with van der Waals surface area (Å²) >= 11 is 0. The molecule has 1 aromatic rings. The van der Waals surface area contributed by atoms with Crippen LogP contribution in [-0.2, 0) is 9.84 Å². The smallest absolute Gasteiger partial charge is 0.254 e. The first kappa shape index (κ1) is 14.4. The van der Waals surface area contributed by atoms with Crippen LogP contribution in [0.4, 0.5) is 4.39 Å². The molecule has 0 unspecified atom stereocenters. The second-order valence-electron chi connectivity index (χ2n) is 3.73. The molecule has 0 bridgehead atoms. The first-order chi connectivity index (χ1) is 8.33. The number of hydrogen-bond donors (Lipinski definition) is 1. The van der Waals surface area contributed by atoms with Crippen molar-refractivity contribution in [1.82, 2.24) is 5.32 Å². The summed E-state index contributed by atoms with van der Waals surface area (Å²) in [7, 11) is -1.76. The van der Waals surface area contributed by atoms with Gasteiger partial charge >= 0.3 is 0 Å². The molecule has 1 amide bonds. The molecule has 0 aliphatic carbocycles. The van der Waals surface area contributed by atoms with E-state index in [1.165, 1.54) is 19.2 Å². The highest BCUT2D eigenvalue weighted by Crippen LogP contribution is 2.15. The normalized spacial score (nSPS) is 11.1. The summed E-state index contributed by atoms with van der Waals surface area (Å²) in [6.07, 6.45) is 1.06. The van der Waals surface area contributed by atoms with Gasteiger partial charge in [0, 0.05) is 18.9 Å². The second-order valence-corrected chi connectivity index (χ2v) is 5.99. The number of methoxy groups -OCH3 is 1. The van der Waals surface area contributed by atoms with Crippen molar-refractivity contribution in [3.63, 3.8) is 0 Å². The molecule has 0 fully saturated rings. The Bertz CT molecular complexity index is 542. The van der Waals surface area contributed by atoms with Crippen molar-refractivity contribution >= 4 is 15.7 Å². The van der Waals surface area contributed by atoms with Crippen LogP contribution in [-0.4, -0.2) is 40.0 Å². The number of hydrogen-bond acceptors (Lipinski definition) is 4. The highest BCUT2D eigenvalue weighted by Gasteiger charge is 2.12. The number of carbonyl (C=O) groups excluding carboxylic acids is 1. The highest BCUT2D eigenvalue weighted by atomic mass is 32.2. The average Bonchev–Trinajstić information content (AvgIpc) is 2.26. The van der Waals surface area contributed by atoms with Crippen molar-refractivity contribution in [2.24, 2.45) is 0 Å². The minimum absolute atomic E-state index is 0.0524. The van der Waals surface area contributed by atoms with Gasteiger partial charge in [0.15, 0.2) is 0 Å². The molecule has 100 valence electrons. The van der Waals surface area contributed by atoms with Gasteiger partial charge in [0.25, 0.3) is 5.91 Å². The van der Waals surface area contributed by atoms with Crippen molar-refractivity contribution in [2.45, 2.75) is 0 Å². The van der Waals surface area contributed by atoms with Crippen LogP contribution in [0.2, 0.25) is 0 Å². The summed E-state index contributed by atoms with van der Waals surface area (Å²) in [5.41, 5.74) is -0.149. The lowest BCUT2D eigenvalue weighted by Gasteiger charge is -2.06. The van der Waals surface area contributed by atoms with E-state index in [9.17, 15) is 17.6 Å². The zero-order valence-electron chi connectivity index (χ0n) is 10.1. The van der Waals surface area contributed by atoms with Crippen LogP contribution in [0.1, 0.15) is 10.4 Å². The summed E-state index contributed by atoms with van der Waals surface area (Å²) in [5.74, 6) is -1.25. The molecule has 0 radical (unpaired) electrons. The van der Waals surface area contributed by atoms with Crippen LogP contribution >= 0.6 is 0 Å². The van der Waals surface area contributed by atoms with Crippen molar-refractivity contribution in [2.75, 3.05) is 25.7 Å². The molecule has 0 saturated carbocycles. The van der Waals surface area contributed by atoms with Crippen molar-refractivity contribution in [3.05, 3.63) is 29.6 Å². The maximum absolute atomic E-state index is 13.5. The van der Waals surface area contributed by atoms with Gasteiger partial charge in [-0.1, -0.05) is 0 Å². The third kappa shape index (κ3) is 4.33. The fraction of sp³-hybridized carbons (Fsp3) is 0.364. The molecule has 1 aromatic carbocycles. The molecule has 1 rings (SSSR count). The molecular formula is C11H14FNO4S. The summed E-state index contributed by atoms with van der Waals surface area (Å²) in [5, 5.41) is 2.33. The number of halogens is 1. The van der Waals surface area contributed by atoms with Crippen molar-refractivity contribution in [3.8, 4) is 5.75 Å². The summed E-state index contributed by atoms with van der Waals surface area (Å²) < 4.78 is 40.0. The standard InChI is InChI=1S/C11H14FNO4S/c1-17-8-3-4-9(10(12)7-8)11(14)13-5-6-18(2,15)16/h3-4,7H,5-6H2,1-2H3,(H,13,14). The Hall–Kier alpha value is -1.63. The van der Waals surface area contributed by atoms with E-state index in [0.717, 1.165) is 12.3 Å². The molecule has 0 spiro atoms. The number of benzene rings is 1. The van der Waals surface area contributed by atoms with Crippen LogP contribution in [0.5, 0.6) is 5.75 Å². The zero-order valence-corrected chi connectivity index (χ0v) is 10.9. The monoisotopic (exact) mass is 275 g/mol. The van der Waals surface area contributed by atoms with E-state index in [-0.39, 0.29) is 17.9 Å². The van der Waals surface area contributed by atoms with E-state index < -0.39 is 21.6 Å². The van der Waals surface area contributed by atoms with Gasteiger partial charge in [-0.3, -0.25) is 4.79 Å². The van der Waals surface area contributed by atoms with Crippen LogP contribution in [0.3, 0.4) is 0 Å². The Morgan fingerprint density at radius 2 is 2.11 bits per heavy atom. The number of carbonyl (C=O) groups is 1. The van der Waals surface area contributed by atoms with E-state index in [4.69, 9.17) is 4.74 Å². The van der Waals surface area contributed by atoms with Gasteiger partial charge in [-0.15, -0.1) is 0 Å². The zero-order chi connectivity index (χ0) is 13.8. The van der Waals surface area contributed by atoms with Gasteiger partial charge in [0.1, 0.15) is 21.4 Å². The van der Waals surface area contributed by atoms with Crippen molar-refractivity contribution in [1.29, 1.82) is 0 Å². The fourth-order valence-corrected chi connectivity index (χ4v) is 1.72. The van der Waals surface area contributed by atoms with Crippen LogP contribution in [0.25, 0.3) is 0 Å². The minimum atomic E-state index is -3.15. The summed E-state index contributed by atoms with van der Waals surface area (Å²) in [6, 6.07) is 3.82. The molecule has 5 nitrogen and oxygen atoms in total. The van der Waals surface area contributed by atoms with Crippen LogP contribution in [0.15, 0.2) is 18.2 Å².